The van der Waals surface area contributed by atoms with Crippen molar-refractivity contribution in [2.45, 2.75) is 38.5 Å². The molecule has 2 amide bonds. The molecule has 1 aliphatic heterocycles. The number of pyridine rings is 1. The summed E-state index contributed by atoms with van der Waals surface area (Å²) >= 11 is 0. The number of nitrogens with zero attached hydrogens (tertiary/aromatic N) is 2. The average molecular weight is 441 g/mol. The number of hydrogen-bond acceptors (Lipinski definition) is 4. The normalized spacial score (nSPS) is 21.7. The Kier molecular flexibility index (Phi) is 5.31. The van der Waals surface area contributed by atoms with Crippen LogP contribution in [0, 0.1) is 28.9 Å². The van der Waals surface area contributed by atoms with Crippen LogP contribution in [0.15, 0.2) is 36.5 Å². The van der Waals surface area contributed by atoms with Gasteiger partial charge in [0.1, 0.15) is 17.4 Å². The lowest BCUT2D eigenvalue weighted by Crippen LogP contribution is -2.44. The number of benzene rings is 1. The molecular formula is C24H25F2N3O3. The van der Waals surface area contributed by atoms with Crippen LogP contribution in [0.2, 0.25) is 0 Å². The zero-order valence-electron chi connectivity index (χ0n) is 17.7. The Bertz CT molecular complexity index is 1030. The summed E-state index contributed by atoms with van der Waals surface area (Å²) in [4.78, 5) is 31.3. The summed E-state index contributed by atoms with van der Waals surface area (Å²) in [6.45, 7) is 1.48. The van der Waals surface area contributed by atoms with Gasteiger partial charge in [0.2, 0.25) is 11.8 Å². The van der Waals surface area contributed by atoms with Crippen LogP contribution in [0.1, 0.15) is 38.5 Å². The number of carbonyl (C=O) groups is 2. The van der Waals surface area contributed by atoms with Crippen molar-refractivity contribution in [1.82, 2.24) is 9.88 Å². The van der Waals surface area contributed by atoms with E-state index >= 15 is 0 Å². The molecule has 1 aromatic carbocycles. The molecule has 32 heavy (non-hydrogen) atoms. The number of halogens is 2. The minimum Gasteiger partial charge on any atom is -0.453 e. The second kappa shape index (κ2) is 8.15. The monoisotopic (exact) mass is 441 g/mol. The van der Waals surface area contributed by atoms with Gasteiger partial charge >= 0.3 is 0 Å². The van der Waals surface area contributed by atoms with Crippen molar-refractivity contribution in [3.63, 3.8) is 0 Å². The minimum absolute atomic E-state index is 0.00361. The molecule has 1 aromatic heterocycles. The number of rotatable bonds is 5. The number of anilines is 1. The fraction of sp³-hybridized carbons (Fsp3) is 0.458. The van der Waals surface area contributed by atoms with Crippen molar-refractivity contribution in [2.75, 3.05) is 18.4 Å². The minimum atomic E-state index is -0.804. The largest absolute Gasteiger partial charge is 0.453 e. The fourth-order valence-electron chi connectivity index (χ4n) is 4.77. The molecule has 0 bridgehead atoms. The summed E-state index contributed by atoms with van der Waals surface area (Å²) in [5, 5.41) is 2.85. The molecule has 2 heterocycles. The average Bonchev–Trinajstić information content (AvgIpc) is 3.44. The molecule has 8 heteroatoms. The fourth-order valence-corrected chi connectivity index (χ4v) is 4.77. The number of carbonyl (C=O) groups excluding carboxylic acids is 2. The van der Waals surface area contributed by atoms with E-state index < -0.39 is 11.6 Å². The summed E-state index contributed by atoms with van der Waals surface area (Å²) in [5.74, 6) is -0.529. The van der Waals surface area contributed by atoms with Gasteiger partial charge in [-0.15, -0.1) is 0 Å². The van der Waals surface area contributed by atoms with Crippen molar-refractivity contribution in [3.8, 4) is 11.5 Å². The van der Waals surface area contributed by atoms with Crippen LogP contribution in [0.25, 0.3) is 0 Å². The van der Waals surface area contributed by atoms with Gasteiger partial charge < -0.3 is 15.0 Å². The summed E-state index contributed by atoms with van der Waals surface area (Å²) < 4.78 is 32.1. The van der Waals surface area contributed by atoms with Crippen LogP contribution in [-0.2, 0) is 9.59 Å². The van der Waals surface area contributed by atoms with Gasteiger partial charge in [0, 0.05) is 31.0 Å². The molecular weight excluding hydrogens is 416 g/mol. The third kappa shape index (κ3) is 4.06. The summed E-state index contributed by atoms with van der Waals surface area (Å²) in [6, 6.07) is 6.22. The molecule has 1 N–H and O–H groups in total. The number of amides is 2. The third-order valence-corrected chi connectivity index (χ3v) is 7.14. The van der Waals surface area contributed by atoms with Crippen molar-refractivity contribution < 1.29 is 23.1 Å². The van der Waals surface area contributed by atoms with Gasteiger partial charge in [-0.3, -0.25) is 9.59 Å². The molecule has 6 nitrogen and oxygen atoms in total. The van der Waals surface area contributed by atoms with Crippen molar-refractivity contribution in [2.24, 2.45) is 17.3 Å². The quantitative estimate of drug-likeness (QED) is 0.741. The maximum Gasteiger partial charge on any atom is 0.229 e. The maximum absolute atomic E-state index is 13.7. The van der Waals surface area contributed by atoms with Crippen molar-refractivity contribution in [1.29, 1.82) is 0 Å². The highest BCUT2D eigenvalue weighted by molar-refractivity contribution is 5.94. The van der Waals surface area contributed by atoms with E-state index in [4.69, 9.17) is 4.74 Å². The highest BCUT2D eigenvalue weighted by Crippen LogP contribution is 2.59. The van der Waals surface area contributed by atoms with Crippen LogP contribution < -0.4 is 10.1 Å². The maximum atomic E-state index is 13.7. The van der Waals surface area contributed by atoms with Gasteiger partial charge in [-0.2, -0.15) is 0 Å². The molecule has 3 fully saturated rings. The second-order valence-corrected chi connectivity index (χ2v) is 9.12. The van der Waals surface area contributed by atoms with E-state index in [9.17, 15) is 18.4 Å². The van der Waals surface area contributed by atoms with Crippen LogP contribution in [0.4, 0.5) is 14.6 Å². The Morgan fingerprint density at radius 1 is 1.12 bits per heavy atom. The molecule has 1 spiro atoms. The topological polar surface area (TPSA) is 71.5 Å². The Balaban J connectivity index is 1.13. The van der Waals surface area contributed by atoms with Gasteiger partial charge in [-0.1, -0.05) is 6.42 Å². The lowest BCUT2D eigenvalue weighted by molar-refractivity contribution is -0.139. The highest BCUT2D eigenvalue weighted by atomic mass is 19.1. The second-order valence-electron chi connectivity index (χ2n) is 9.12. The Morgan fingerprint density at radius 3 is 2.53 bits per heavy atom. The molecule has 1 atom stereocenters. The molecule has 5 rings (SSSR count). The first-order valence-corrected chi connectivity index (χ1v) is 11.1. The number of hydrogen-bond donors (Lipinski definition) is 1. The molecule has 2 aliphatic carbocycles. The molecule has 1 saturated heterocycles. The van der Waals surface area contributed by atoms with Crippen LogP contribution in [0.5, 0.6) is 11.5 Å². The van der Waals surface area contributed by atoms with Gasteiger partial charge in [-0.05, 0) is 61.8 Å². The van der Waals surface area contributed by atoms with Crippen LogP contribution in [-0.4, -0.2) is 34.8 Å². The van der Waals surface area contributed by atoms with E-state index in [0.717, 1.165) is 63.7 Å². The summed E-state index contributed by atoms with van der Waals surface area (Å²) in [7, 11) is 0. The molecule has 3 aliphatic rings. The molecule has 0 radical (unpaired) electrons. The zero-order chi connectivity index (χ0) is 22.3. The first-order valence-electron chi connectivity index (χ1n) is 11.1. The van der Waals surface area contributed by atoms with Gasteiger partial charge in [0.25, 0.3) is 0 Å². The van der Waals surface area contributed by atoms with Crippen molar-refractivity contribution >= 4 is 17.6 Å². The van der Waals surface area contributed by atoms with E-state index in [0.29, 0.717) is 11.7 Å². The predicted octanol–water partition coefficient (Wildman–Crippen LogP) is 4.52. The zero-order valence-corrected chi connectivity index (χ0v) is 17.7. The van der Waals surface area contributed by atoms with Crippen LogP contribution >= 0.6 is 0 Å². The Morgan fingerprint density at radius 2 is 1.91 bits per heavy atom. The standard InChI is InChI=1S/C24H25F2N3O3/c25-16-4-6-20(19(26)12-16)32-17-5-7-21(27-14-17)28-22(30)18-13-24(18)8-10-29(11-9-24)23(31)15-2-1-3-15/h4-7,12,14-15,18H,1-3,8-11,13H2,(H,27,28,30). The predicted molar refractivity (Wildman–Crippen MR) is 113 cm³/mol. The molecule has 1 unspecified atom stereocenters. The lowest BCUT2D eigenvalue weighted by atomic mass is 9.83. The first kappa shape index (κ1) is 20.8. The molecule has 2 saturated carbocycles. The summed E-state index contributed by atoms with van der Waals surface area (Å²) in [6.07, 6.45) is 7.14. The lowest BCUT2D eigenvalue weighted by Gasteiger charge is -2.37. The van der Waals surface area contributed by atoms with Gasteiger partial charge in [-0.25, -0.2) is 13.8 Å². The molecule has 168 valence electrons. The number of nitrogens with one attached hydrogen (secondary N) is 1. The SMILES string of the molecule is O=C(Nc1ccc(Oc2ccc(F)cc2F)cn1)C1CC12CCN(C(=O)C1CCC1)CC2. The number of ether oxygens (including phenoxy) is 1. The molecule has 2 aromatic rings. The first-order chi connectivity index (χ1) is 15.4. The third-order valence-electron chi connectivity index (χ3n) is 7.14. The highest BCUT2D eigenvalue weighted by Gasteiger charge is 2.59. The number of likely N-dealkylation sites (tertiary alicyclic amines) is 1. The van der Waals surface area contributed by atoms with E-state index in [1.165, 1.54) is 12.3 Å². The van der Waals surface area contributed by atoms with Gasteiger partial charge in [0.05, 0.1) is 6.20 Å². The van der Waals surface area contributed by atoms with E-state index in [-0.39, 0.29) is 34.7 Å². The summed E-state index contributed by atoms with van der Waals surface area (Å²) in [5.41, 5.74) is 0.00361. The van der Waals surface area contributed by atoms with Gasteiger partial charge in [0.15, 0.2) is 11.6 Å². The number of piperidine rings is 1. The number of aromatic nitrogens is 1. The van der Waals surface area contributed by atoms with E-state index in [2.05, 4.69) is 10.3 Å². The smallest absolute Gasteiger partial charge is 0.229 e. The van der Waals surface area contributed by atoms with Crippen LogP contribution in [0.3, 0.4) is 0 Å². The van der Waals surface area contributed by atoms with Crippen molar-refractivity contribution in [3.05, 3.63) is 48.2 Å². The van der Waals surface area contributed by atoms with E-state index in [1.54, 1.807) is 12.1 Å². The Labute approximate surface area is 185 Å². The Hall–Kier alpha value is -3.03. The van der Waals surface area contributed by atoms with E-state index in [1.807, 2.05) is 4.90 Å².